The first kappa shape index (κ1) is 19.9. The molecule has 1 aromatic carbocycles. The molecule has 9 heteroatoms. The average molecular weight is 411 g/mol. The molecule has 3 heterocycles. The first-order valence-corrected chi connectivity index (χ1v) is 9.99. The maximum Gasteiger partial charge on any atom is 0.322 e. The Hall–Kier alpha value is -3.36. The number of amides is 4. The summed E-state index contributed by atoms with van der Waals surface area (Å²) in [6, 6.07) is 5.49. The molecule has 4 rings (SSSR count). The minimum atomic E-state index is -1.06. The van der Waals surface area contributed by atoms with Gasteiger partial charge in [0, 0.05) is 25.1 Å². The summed E-state index contributed by atoms with van der Waals surface area (Å²) in [5.74, 6) is 0.918. The molecule has 1 atom stereocenters. The molecule has 0 spiro atoms. The Labute approximate surface area is 174 Å². The Morgan fingerprint density at radius 3 is 2.87 bits per heavy atom. The number of urea groups is 1. The number of imide groups is 1. The Balaban J connectivity index is 1.44. The van der Waals surface area contributed by atoms with Crippen molar-refractivity contribution >= 4 is 29.4 Å². The SMILES string of the molecule is Cc1cccc(Nc2noc3c2CN(C(=O)CC[C@]2(C)NC(=O)NC2=O)CC3)c1C. The second-order valence-electron chi connectivity index (χ2n) is 8.11. The number of anilines is 2. The van der Waals surface area contributed by atoms with Gasteiger partial charge >= 0.3 is 6.03 Å². The Bertz CT molecular complexity index is 1030. The van der Waals surface area contributed by atoms with Gasteiger partial charge in [-0.3, -0.25) is 14.9 Å². The quantitative estimate of drug-likeness (QED) is 0.650. The molecule has 0 aliphatic carbocycles. The lowest BCUT2D eigenvalue weighted by atomic mass is 9.95. The van der Waals surface area contributed by atoms with Crippen molar-refractivity contribution in [1.82, 2.24) is 20.7 Å². The van der Waals surface area contributed by atoms with E-state index >= 15 is 0 Å². The highest BCUT2D eigenvalue weighted by atomic mass is 16.5. The van der Waals surface area contributed by atoms with Crippen LogP contribution in [0.25, 0.3) is 0 Å². The predicted octanol–water partition coefficient (Wildman–Crippen LogP) is 2.30. The number of benzene rings is 1. The minimum Gasteiger partial charge on any atom is -0.359 e. The highest BCUT2D eigenvalue weighted by Gasteiger charge is 2.42. The smallest absolute Gasteiger partial charge is 0.322 e. The number of nitrogens with one attached hydrogen (secondary N) is 3. The summed E-state index contributed by atoms with van der Waals surface area (Å²) in [6.45, 7) is 6.63. The van der Waals surface area contributed by atoms with E-state index in [0.717, 1.165) is 22.6 Å². The second-order valence-corrected chi connectivity index (χ2v) is 8.11. The number of carbonyl (C=O) groups excluding carboxylic acids is 3. The van der Waals surface area contributed by atoms with Crippen molar-refractivity contribution in [3.63, 3.8) is 0 Å². The van der Waals surface area contributed by atoms with Gasteiger partial charge in [-0.2, -0.15) is 0 Å². The molecule has 0 bridgehead atoms. The molecule has 0 unspecified atom stereocenters. The molecule has 0 saturated carbocycles. The molecule has 4 amide bonds. The van der Waals surface area contributed by atoms with Crippen LogP contribution in [0.15, 0.2) is 22.7 Å². The molecule has 2 aliphatic rings. The maximum atomic E-state index is 12.8. The summed E-state index contributed by atoms with van der Waals surface area (Å²) in [4.78, 5) is 37.9. The second kappa shape index (κ2) is 7.47. The zero-order chi connectivity index (χ0) is 21.5. The van der Waals surface area contributed by atoms with E-state index in [4.69, 9.17) is 4.52 Å². The van der Waals surface area contributed by atoms with E-state index in [-0.39, 0.29) is 18.7 Å². The number of hydrogen-bond donors (Lipinski definition) is 3. The fraction of sp³-hybridized carbons (Fsp3) is 0.429. The van der Waals surface area contributed by atoms with Crippen LogP contribution < -0.4 is 16.0 Å². The van der Waals surface area contributed by atoms with Crippen LogP contribution in [0.5, 0.6) is 0 Å². The van der Waals surface area contributed by atoms with Crippen LogP contribution >= 0.6 is 0 Å². The molecule has 1 aromatic heterocycles. The van der Waals surface area contributed by atoms with Gasteiger partial charge in [0.15, 0.2) is 5.82 Å². The summed E-state index contributed by atoms with van der Waals surface area (Å²) in [7, 11) is 0. The lowest BCUT2D eigenvalue weighted by Gasteiger charge is -2.28. The van der Waals surface area contributed by atoms with Gasteiger partial charge in [-0.05, 0) is 44.4 Å². The number of fused-ring (bicyclic) bond motifs is 1. The lowest BCUT2D eigenvalue weighted by molar-refractivity contribution is -0.133. The minimum absolute atomic E-state index is 0.0743. The molecule has 2 aromatic rings. The largest absolute Gasteiger partial charge is 0.359 e. The van der Waals surface area contributed by atoms with Crippen molar-refractivity contribution in [2.24, 2.45) is 0 Å². The van der Waals surface area contributed by atoms with Crippen LogP contribution in [0.3, 0.4) is 0 Å². The molecular formula is C21H25N5O4. The first-order valence-electron chi connectivity index (χ1n) is 9.99. The van der Waals surface area contributed by atoms with Crippen LogP contribution in [0.2, 0.25) is 0 Å². The fourth-order valence-electron chi connectivity index (χ4n) is 3.80. The monoisotopic (exact) mass is 411 g/mol. The van der Waals surface area contributed by atoms with Crippen molar-refractivity contribution < 1.29 is 18.9 Å². The molecule has 1 saturated heterocycles. The number of rotatable bonds is 5. The lowest BCUT2D eigenvalue weighted by Crippen LogP contribution is -2.45. The van der Waals surface area contributed by atoms with Crippen molar-refractivity contribution in [3.8, 4) is 0 Å². The van der Waals surface area contributed by atoms with Crippen molar-refractivity contribution in [1.29, 1.82) is 0 Å². The van der Waals surface area contributed by atoms with Crippen LogP contribution in [0, 0.1) is 13.8 Å². The first-order chi connectivity index (χ1) is 14.3. The van der Waals surface area contributed by atoms with E-state index in [1.54, 1.807) is 11.8 Å². The summed E-state index contributed by atoms with van der Waals surface area (Å²) >= 11 is 0. The molecule has 2 aliphatic heterocycles. The fourth-order valence-corrected chi connectivity index (χ4v) is 3.80. The zero-order valence-corrected chi connectivity index (χ0v) is 17.3. The third kappa shape index (κ3) is 3.62. The summed E-state index contributed by atoms with van der Waals surface area (Å²) < 4.78 is 5.49. The molecule has 3 N–H and O–H groups in total. The Kier molecular flexibility index (Phi) is 4.97. The molecule has 1 fully saturated rings. The van der Waals surface area contributed by atoms with Gasteiger partial charge in [-0.25, -0.2) is 4.79 Å². The number of hydrogen-bond acceptors (Lipinski definition) is 6. The summed E-state index contributed by atoms with van der Waals surface area (Å²) in [6.07, 6.45) is 0.978. The van der Waals surface area contributed by atoms with Gasteiger partial charge in [0.2, 0.25) is 5.91 Å². The predicted molar refractivity (Wildman–Crippen MR) is 109 cm³/mol. The molecule has 9 nitrogen and oxygen atoms in total. The third-order valence-electron chi connectivity index (χ3n) is 5.99. The standard InChI is InChI=1S/C21H25N5O4/c1-12-5-4-6-15(13(12)2)22-18-14-11-26(10-8-16(14)30-25-18)17(27)7-9-21(3)19(28)23-20(29)24-21/h4-6H,7-11H2,1-3H3,(H,22,25)(H2,23,24,28,29)/t21-/m0/s1. The Morgan fingerprint density at radius 2 is 2.13 bits per heavy atom. The van der Waals surface area contributed by atoms with E-state index in [2.05, 4.69) is 21.1 Å². The number of carbonyl (C=O) groups is 3. The van der Waals surface area contributed by atoms with Gasteiger partial charge in [-0.15, -0.1) is 0 Å². The molecule has 0 radical (unpaired) electrons. The van der Waals surface area contributed by atoms with Crippen molar-refractivity contribution in [3.05, 3.63) is 40.6 Å². The topological polar surface area (TPSA) is 117 Å². The maximum absolute atomic E-state index is 12.8. The number of aromatic nitrogens is 1. The van der Waals surface area contributed by atoms with E-state index in [9.17, 15) is 14.4 Å². The van der Waals surface area contributed by atoms with Gasteiger partial charge in [-0.1, -0.05) is 17.3 Å². The average Bonchev–Trinajstić information content (AvgIpc) is 3.23. The van der Waals surface area contributed by atoms with E-state index < -0.39 is 17.5 Å². The van der Waals surface area contributed by atoms with E-state index in [1.807, 2.05) is 32.0 Å². The van der Waals surface area contributed by atoms with Crippen LogP contribution in [-0.4, -0.2) is 40.0 Å². The van der Waals surface area contributed by atoms with Crippen LogP contribution in [0.4, 0.5) is 16.3 Å². The van der Waals surface area contributed by atoms with Crippen LogP contribution in [-0.2, 0) is 22.6 Å². The van der Waals surface area contributed by atoms with E-state index in [0.29, 0.717) is 25.3 Å². The number of nitrogens with zero attached hydrogens (tertiary/aromatic N) is 2. The highest BCUT2D eigenvalue weighted by molar-refractivity contribution is 6.06. The zero-order valence-electron chi connectivity index (χ0n) is 17.3. The normalized spacial score (nSPS) is 20.6. The number of aryl methyl sites for hydroxylation is 1. The van der Waals surface area contributed by atoms with Gasteiger partial charge in [0.1, 0.15) is 11.3 Å². The van der Waals surface area contributed by atoms with Gasteiger partial charge in [0.25, 0.3) is 5.91 Å². The highest BCUT2D eigenvalue weighted by Crippen LogP contribution is 2.30. The molecule has 158 valence electrons. The molecule has 30 heavy (non-hydrogen) atoms. The molecular weight excluding hydrogens is 386 g/mol. The summed E-state index contributed by atoms with van der Waals surface area (Å²) in [5.41, 5.74) is 3.06. The Morgan fingerprint density at radius 1 is 1.33 bits per heavy atom. The summed E-state index contributed by atoms with van der Waals surface area (Å²) in [5, 5.41) is 12.3. The van der Waals surface area contributed by atoms with Crippen molar-refractivity contribution in [2.75, 3.05) is 11.9 Å². The van der Waals surface area contributed by atoms with Crippen LogP contribution in [0.1, 0.15) is 42.2 Å². The third-order valence-corrected chi connectivity index (χ3v) is 5.99. The van der Waals surface area contributed by atoms with Gasteiger partial charge in [0.05, 0.1) is 12.1 Å². The van der Waals surface area contributed by atoms with Crippen molar-refractivity contribution in [2.45, 2.75) is 52.1 Å². The van der Waals surface area contributed by atoms with Gasteiger partial charge < -0.3 is 20.1 Å². The van der Waals surface area contributed by atoms with E-state index in [1.165, 1.54) is 5.56 Å².